The molecule has 1 atom stereocenters. The molecule has 1 aromatic rings. The maximum atomic E-state index is 11.4. The van der Waals surface area contributed by atoms with Gasteiger partial charge in [-0.05, 0) is 24.0 Å². The highest BCUT2D eigenvalue weighted by Gasteiger charge is 2.20. The number of carbonyl (C=O) groups is 1. The number of esters is 1. The fourth-order valence-corrected chi connectivity index (χ4v) is 1.73. The zero-order valence-corrected chi connectivity index (χ0v) is 11.2. The lowest BCUT2D eigenvalue weighted by atomic mass is 9.85. The number of nitrogens with one attached hydrogen (secondary N) is 1. The number of carbonyl (C=O) groups excluding carboxylic acids is 1. The van der Waals surface area contributed by atoms with Crippen LogP contribution in [-0.4, -0.2) is 19.1 Å². The van der Waals surface area contributed by atoms with Crippen molar-refractivity contribution < 1.29 is 9.53 Å². The summed E-state index contributed by atoms with van der Waals surface area (Å²) in [5.74, 6) is -0.256. The molecule has 1 N–H and O–H groups in total. The minimum atomic E-state index is -0.344. The van der Waals surface area contributed by atoms with Crippen molar-refractivity contribution in [2.75, 3.05) is 12.4 Å². The standard InChI is InChI=1S/C14H21NO2/c1-10(13(16)17-5)15-12-9-7-6-8-11(12)14(2,3)4/h6-10,15H,1-5H3. The number of hydrogen-bond acceptors (Lipinski definition) is 3. The Morgan fingerprint density at radius 2 is 1.88 bits per heavy atom. The van der Waals surface area contributed by atoms with Crippen LogP contribution in [0.3, 0.4) is 0 Å². The Morgan fingerprint density at radius 3 is 2.41 bits per heavy atom. The SMILES string of the molecule is COC(=O)C(C)Nc1ccccc1C(C)(C)C. The molecule has 3 heteroatoms. The first-order valence-electron chi connectivity index (χ1n) is 5.80. The van der Waals surface area contributed by atoms with Gasteiger partial charge in [0.2, 0.25) is 0 Å². The molecule has 1 aromatic carbocycles. The normalized spacial score (nSPS) is 13.0. The van der Waals surface area contributed by atoms with Crippen molar-refractivity contribution in [1.29, 1.82) is 0 Å². The molecule has 1 rings (SSSR count). The van der Waals surface area contributed by atoms with Crippen molar-refractivity contribution in [3.8, 4) is 0 Å². The molecule has 3 nitrogen and oxygen atoms in total. The Kier molecular flexibility index (Phi) is 4.16. The van der Waals surface area contributed by atoms with Gasteiger partial charge in [0.1, 0.15) is 6.04 Å². The summed E-state index contributed by atoms with van der Waals surface area (Å²) in [7, 11) is 1.40. The second-order valence-corrected chi connectivity index (χ2v) is 5.18. The third-order valence-corrected chi connectivity index (χ3v) is 2.66. The van der Waals surface area contributed by atoms with E-state index in [1.807, 2.05) is 18.2 Å². The number of para-hydroxylation sites is 1. The first-order chi connectivity index (χ1) is 7.86. The minimum Gasteiger partial charge on any atom is -0.467 e. The van der Waals surface area contributed by atoms with Crippen molar-refractivity contribution in [2.24, 2.45) is 0 Å². The van der Waals surface area contributed by atoms with E-state index < -0.39 is 0 Å². The van der Waals surface area contributed by atoms with E-state index in [2.05, 4.69) is 32.2 Å². The van der Waals surface area contributed by atoms with Gasteiger partial charge in [0.25, 0.3) is 0 Å². The molecule has 0 radical (unpaired) electrons. The van der Waals surface area contributed by atoms with Crippen LogP contribution in [0.25, 0.3) is 0 Å². The molecule has 0 aliphatic carbocycles. The molecule has 0 aliphatic rings. The predicted molar refractivity (Wildman–Crippen MR) is 70.2 cm³/mol. The quantitative estimate of drug-likeness (QED) is 0.819. The van der Waals surface area contributed by atoms with Crippen LogP contribution >= 0.6 is 0 Å². The fraction of sp³-hybridized carbons (Fsp3) is 0.500. The van der Waals surface area contributed by atoms with Gasteiger partial charge in [0, 0.05) is 5.69 Å². The first-order valence-corrected chi connectivity index (χ1v) is 5.80. The van der Waals surface area contributed by atoms with Crippen molar-refractivity contribution in [2.45, 2.75) is 39.2 Å². The second-order valence-electron chi connectivity index (χ2n) is 5.18. The number of rotatable bonds is 3. The average Bonchev–Trinajstić information content (AvgIpc) is 2.27. The third-order valence-electron chi connectivity index (χ3n) is 2.66. The number of benzene rings is 1. The first kappa shape index (κ1) is 13.6. The van der Waals surface area contributed by atoms with Crippen LogP contribution in [0.1, 0.15) is 33.3 Å². The molecule has 1 unspecified atom stereocenters. The summed E-state index contributed by atoms with van der Waals surface area (Å²) in [5, 5.41) is 3.19. The molecule has 0 spiro atoms. The van der Waals surface area contributed by atoms with E-state index in [4.69, 9.17) is 4.74 Å². The van der Waals surface area contributed by atoms with Gasteiger partial charge in [-0.2, -0.15) is 0 Å². The molecular weight excluding hydrogens is 214 g/mol. The topological polar surface area (TPSA) is 38.3 Å². The van der Waals surface area contributed by atoms with Crippen LogP contribution in [0.2, 0.25) is 0 Å². The minimum absolute atomic E-state index is 0.0411. The Labute approximate surface area is 103 Å². The molecule has 0 heterocycles. The van der Waals surface area contributed by atoms with Gasteiger partial charge < -0.3 is 10.1 Å². The summed E-state index contributed by atoms with van der Waals surface area (Å²) < 4.78 is 4.71. The van der Waals surface area contributed by atoms with Gasteiger partial charge >= 0.3 is 5.97 Å². The Morgan fingerprint density at radius 1 is 1.29 bits per heavy atom. The largest absolute Gasteiger partial charge is 0.467 e. The molecule has 0 amide bonds. The van der Waals surface area contributed by atoms with Crippen molar-refractivity contribution in [3.05, 3.63) is 29.8 Å². The van der Waals surface area contributed by atoms with Crippen LogP contribution in [0.15, 0.2) is 24.3 Å². The third kappa shape index (κ3) is 3.48. The van der Waals surface area contributed by atoms with Crippen LogP contribution in [0.4, 0.5) is 5.69 Å². The zero-order chi connectivity index (χ0) is 13.1. The molecular formula is C14H21NO2. The average molecular weight is 235 g/mol. The van der Waals surface area contributed by atoms with Crippen LogP contribution in [0.5, 0.6) is 0 Å². The fourth-order valence-electron chi connectivity index (χ4n) is 1.73. The summed E-state index contributed by atoms with van der Waals surface area (Å²) >= 11 is 0. The van der Waals surface area contributed by atoms with Crippen LogP contribution < -0.4 is 5.32 Å². The van der Waals surface area contributed by atoms with Crippen LogP contribution in [-0.2, 0) is 14.9 Å². The highest BCUT2D eigenvalue weighted by atomic mass is 16.5. The second kappa shape index (κ2) is 5.21. The molecule has 0 saturated heterocycles. The number of hydrogen-bond donors (Lipinski definition) is 1. The van der Waals surface area contributed by atoms with E-state index in [-0.39, 0.29) is 17.4 Å². The van der Waals surface area contributed by atoms with E-state index in [1.165, 1.54) is 12.7 Å². The molecule has 94 valence electrons. The zero-order valence-electron chi connectivity index (χ0n) is 11.2. The summed E-state index contributed by atoms with van der Waals surface area (Å²) in [4.78, 5) is 11.4. The van der Waals surface area contributed by atoms with Crippen LogP contribution in [0, 0.1) is 0 Å². The summed E-state index contributed by atoms with van der Waals surface area (Å²) in [6, 6.07) is 7.69. The summed E-state index contributed by atoms with van der Waals surface area (Å²) in [6.45, 7) is 8.24. The van der Waals surface area contributed by atoms with Gasteiger partial charge in [0.05, 0.1) is 7.11 Å². The van der Waals surface area contributed by atoms with Crippen molar-refractivity contribution >= 4 is 11.7 Å². The Bertz CT molecular complexity index is 393. The van der Waals surface area contributed by atoms with E-state index in [0.29, 0.717) is 0 Å². The maximum Gasteiger partial charge on any atom is 0.327 e. The number of anilines is 1. The van der Waals surface area contributed by atoms with Gasteiger partial charge in [-0.1, -0.05) is 39.0 Å². The highest BCUT2D eigenvalue weighted by molar-refractivity contribution is 5.79. The smallest absolute Gasteiger partial charge is 0.327 e. The van der Waals surface area contributed by atoms with E-state index >= 15 is 0 Å². The van der Waals surface area contributed by atoms with E-state index in [1.54, 1.807) is 6.92 Å². The number of ether oxygens (including phenoxy) is 1. The van der Waals surface area contributed by atoms with Crippen molar-refractivity contribution in [3.63, 3.8) is 0 Å². The maximum absolute atomic E-state index is 11.4. The van der Waals surface area contributed by atoms with Gasteiger partial charge in [-0.25, -0.2) is 4.79 Å². The predicted octanol–water partition coefficient (Wildman–Crippen LogP) is 2.96. The molecule has 17 heavy (non-hydrogen) atoms. The highest BCUT2D eigenvalue weighted by Crippen LogP contribution is 2.29. The number of methoxy groups -OCH3 is 1. The van der Waals surface area contributed by atoms with E-state index in [0.717, 1.165) is 5.69 Å². The van der Waals surface area contributed by atoms with Crippen molar-refractivity contribution in [1.82, 2.24) is 0 Å². The lowest BCUT2D eigenvalue weighted by Crippen LogP contribution is -2.28. The monoisotopic (exact) mass is 235 g/mol. The molecule has 0 aliphatic heterocycles. The molecule has 0 aromatic heterocycles. The van der Waals surface area contributed by atoms with Gasteiger partial charge in [0.15, 0.2) is 0 Å². The molecule has 0 fully saturated rings. The van der Waals surface area contributed by atoms with Gasteiger partial charge in [-0.3, -0.25) is 0 Å². The summed E-state index contributed by atoms with van der Waals surface area (Å²) in [6.07, 6.45) is 0. The summed E-state index contributed by atoms with van der Waals surface area (Å²) in [5.41, 5.74) is 2.22. The lowest BCUT2D eigenvalue weighted by Gasteiger charge is -2.24. The lowest BCUT2D eigenvalue weighted by molar-refractivity contribution is -0.141. The Hall–Kier alpha value is -1.51. The van der Waals surface area contributed by atoms with E-state index in [9.17, 15) is 4.79 Å². The Balaban J connectivity index is 2.95. The molecule has 0 bridgehead atoms. The van der Waals surface area contributed by atoms with Gasteiger partial charge in [-0.15, -0.1) is 0 Å². The molecule has 0 saturated carbocycles.